The Morgan fingerprint density at radius 3 is 2.84 bits per heavy atom. The highest BCUT2D eigenvalue weighted by Gasteiger charge is 2.42. The normalized spacial score (nSPS) is 26.6. The Balaban J connectivity index is 2.35. The van der Waals surface area contributed by atoms with E-state index in [0.717, 1.165) is 12.8 Å². The summed E-state index contributed by atoms with van der Waals surface area (Å²) in [7, 11) is 0. The molecule has 1 aromatic carbocycles. The molecule has 6 heteroatoms. The number of rotatable bonds is 4. The lowest BCUT2D eigenvalue weighted by atomic mass is 9.78. The van der Waals surface area contributed by atoms with Crippen molar-refractivity contribution >= 4 is 17.3 Å². The van der Waals surface area contributed by atoms with Crippen LogP contribution in [-0.2, 0) is 6.42 Å². The van der Waals surface area contributed by atoms with Gasteiger partial charge in [0.05, 0.1) is 11.0 Å². The summed E-state index contributed by atoms with van der Waals surface area (Å²) in [5, 5.41) is 21.5. The van der Waals surface area contributed by atoms with Crippen molar-refractivity contribution in [2.24, 2.45) is 11.1 Å². The minimum Gasteiger partial charge on any atom is -0.392 e. The van der Waals surface area contributed by atoms with E-state index in [1.807, 2.05) is 0 Å². The fourth-order valence-electron chi connectivity index (χ4n) is 2.87. The predicted molar refractivity (Wildman–Crippen MR) is 73.2 cm³/mol. The van der Waals surface area contributed by atoms with E-state index in [1.165, 1.54) is 6.07 Å². The minimum absolute atomic E-state index is 0.000532. The van der Waals surface area contributed by atoms with Gasteiger partial charge in [-0.2, -0.15) is 0 Å². The topological polar surface area (TPSA) is 89.4 Å². The molecule has 1 fully saturated rings. The lowest BCUT2D eigenvalue weighted by Crippen LogP contribution is -2.39. The number of halogens is 1. The molecule has 0 aromatic heterocycles. The Morgan fingerprint density at radius 2 is 2.32 bits per heavy atom. The van der Waals surface area contributed by atoms with Gasteiger partial charge in [0.15, 0.2) is 0 Å². The molecule has 2 unspecified atom stereocenters. The molecule has 3 N–H and O–H groups in total. The van der Waals surface area contributed by atoms with E-state index in [9.17, 15) is 15.2 Å². The number of nitrogens with zero attached hydrogens (tertiary/aromatic N) is 1. The Kier molecular flexibility index (Phi) is 4.08. The van der Waals surface area contributed by atoms with Crippen LogP contribution in [0.4, 0.5) is 5.69 Å². The van der Waals surface area contributed by atoms with Crippen LogP contribution >= 0.6 is 11.6 Å². The first kappa shape index (κ1) is 14.2. The van der Waals surface area contributed by atoms with E-state index in [2.05, 4.69) is 0 Å². The first-order chi connectivity index (χ1) is 8.98. The molecule has 0 saturated heterocycles. The summed E-state index contributed by atoms with van der Waals surface area (Å²) < 4.78 is 0. The lowest BCUT2D eigenvalue weighted by molar-refractivity contribution is -0.385. The number of nitro benzene ring substituents is 1. The second kappa shape index (κ2) is 5.45. The highest BCUT2D eigenvalue weighted by molar-refractivity contribution is 6.30. The number of hydrogen-bond donors (Lipinski definition) is 2. The number of benzene rings is 1. The van der Waals surface area contributed by atoms with E-state index in [0.29, 0.717) is 30.0 Å². The third-order valence-electron chi connectivity index (χ3n) is 4.05. The van der Waals surface area contributed by atoms with Gasteiger partial charge in [0, 0.05) is 28.6 Å². The van der Waals surface area contributed by atoms with Gasteiger partial charge in [-0.15, -0.1) is 0 Å². The van der Waals surface area contributed by atoms with Crippen molar-refractivity contribution in [2.75, 3.05) is 6.54 Å². The van der Waals surface area contributed by atoms with Gasteiger partial charge in [0.1, 0.15) is 0 Å². The van der Waals surface area contributed by atoms with E-state index < -0.39 is 16.4 Å². The van der Waals surface area contributed by atoms with Crippen LogP contribution in [0.2, 0.25) is 5.02 Å². The van der Waals surface area contributed by atoms with Gasteiger partial charge >= 0.3 is 0 Å². The van der Waals surface area contributed by atoms with Crippen LogP contribution < -0.4 is 5.73 Å². The summed E-state index contributed by atoms with van der Waals surface area (Å²) in [6.07, 6.45) is 2.33. The third-order valence-corrected chi connectivity index (χ3v) is 4.29. The zero-order chi connectivity index (χ0) is 14.0. The number of hydrogen-bond acceptors (Lipinski definition) is 4. The molecular formula is C13H17ClN2O3. The van der Waals surface area contributed by atoms with E-state index in [4.69, 9.17) is 17.3 Å². The molecule has 1 aliphatic carbocycles. The van der Waals surface area contributed by atoms with E-state index >= 15 is 0 Å². The first-order valence-electron chi connectivity index (χ1n) is 6.29. The van der Waals surface area contributed by atoms with Crippen LogP contribution in [-0.4, -0.2) is 22.7 Å². The molecule has 0 bridgehead atoms. The van der Waals surface area contributed by atoms with Gasteiger partial charge in [-0.05, 0) is 25.3 Å². The third kappa shape index (κ3) is 2.73. The van der Waals surface area contributed by atoms with Crippen LogP contribution in [0.1, 0.15) is 24.8 Å². The van der Waals surface area contributed by atoms with Crippen molar-refractivity contribution in [3.63, 3.8) is 0 Å². The smallest absolute Gasteiger partial charge is 0.274 e. The van der Waals surface area contributed by atoms with Gasteiger partial charge in [-0.3, -0.25) is 10.1 Å². The zero-order valence-corrected chi connectivity index (χ0v) is 11.3. The van der Waals surface area contributed by atoms with Crippen LogP contribution in [0.3, 0.4) is 0 Å². The second-order valence-electron chi connectivity index (χ2n) is 5.18. The van der Waals surface area contributed by atoms with Crippen molar-refractivity contribution in [3.05, 3.63) is 38.9 Å². The number of aliphatic hydroxyl groups is 1. The molecule has 1 aromatic rings. The number of nitro groups is 1. The van der Waals surface area contributed by atoms with Crippen molar-refractivity contribution in [3.8, 4) is 0 Å². The molecular weight excluding hydrogens is 268 g/mol. The summed E-state index contributed by atoms with van der Waals surface area (Å²) in [6.45, 7) is 0.327. The maximum absolute atomic E-state index is 11.1. The van der Waals surface area contributed by atoms with Gasteiger partial charge in [0.2, 0.25) is 0 Å². The summed E-state index contributed by atoms with van der Waals surface area (Å²) in [6, 6.07) is 4.64. The Labute approximate surface area is 116 Å². The van der Waals surface area contributed by atoms with Gasteiger partial charge in [-0.25, -0.2) is 0 Å². The number of aliphatic hydroxyl groups excluding tert-OH is 1. The summed E-state index contributed by atoms with van der Waals surface area (Å²) in [4.78, 5) is 10.6. The van der Waals surface area contributed by atoms with Crippen LogP contribution in [0, 0.1) is 15.5 Å². The predicted octanol–water partition coefficient (Wildman–Crippen LogP) is 2.28. The van der Waals surface area contributed by atoms with Crippen molar-refractivity contribution in [1.29, 1.82) is 0 Å². The first-order valence-corrected chi connectivity index (χ1v) is 6.67. The monoisotopic (exact) mass is 284 g/mol. The van der Waals surface area contributed by atoms with Crippen molar-refractivity contribution in [1.82, 2.24) is 0 Å². The number of nitrogens with two attached hydrogens (primary N) is 1. The molecule has 19 heavy (non-hydrogen) atoms. The molecule has 104 valence electrons. The molecule has 0 radical (unpaired) electrons. The average Bonchev–Trinajstić information content (AvgIpc) is 2.73. The summed E-state index contributed by atoms with van der Waals surface area (Å²) in [5.74, 6) is 0. The minimum atomic E-state index is -0.493. The highest BCUT2D eigenvalue weighted by Crippen LogP contribution is 2.42. The molecule has 0 heterocycles. The fraction of sp³-hybridized carbons (Fsp3) is 0.538. The van der Waals surface area contributed by atoms with Crippen LogP contribution in [0.25, 0.3) is 0 Å². The second-order valence-corrected chi connectivity index (χ2v) is 5.62. The zero-order valence-electron chi connectivity index (χ0n) is 10.5. The largest absolute Gasteiger partial charge is 0.392 e. The van der Waals surface area contributed by atoms with Crippen LogP contribution in [0.5, 0.6) is 0 Å². The highest BCUT2D eigenvalue weighted by atomic mass is 35.5. The quantitative estimate of drug-likeness (QED) is 0.656. The molecule has 0 amide bonds. The summed E-state index contributed by atoms with van der Waals surface area (Å²) in [5.41, 5.74) is 5.94. The molecule has 1 aliphatic rings. The molecule has 0 spiro atoms. The van der Waals surface area contributed by atoms with Crippen LogP contribution in [0.15, 0.2) is 18.2 Å². The van der Waals surface area contributed by atoms with E-state index in [1.54, 1.807) is 12.1 Å². The average molecular weight is 285 g/mol. The lowest BCUT2D eigenvalue weighted by Gasteiger charge is -2.31. The standard InChI is InChI=1S/C13H17ClN2O3/c14-10-4-3-9(11(6-10)16(18)19)7-13(8-15)5-1-2-12(13)17/h3-4,6,12,17H,1-2,5,7-8,15H2. The van der Waals surface area contributed by atoms with Gasteiger partial charge in [-0.1, -0.05) is 24.1 Å². The Hall–Kier alpha value is -1.17. The fourth-order valence-corrected chi connectivity index (χ4v) is 3.04. The Bertz CT molecular complexity index is 495. The SMILES string of the molecule is NCC1(Cc2ccc(Cl)cc2[N+](=O)[O-])CCCC1O. The van der Waals surface area contributed by atoms with Crippen molar-refractivity contribution < 1.29 is 10.0 Å². The maximum Gasteiger partial charge on any atom is 0.274 e. The Morgan fingerprint density at radius 1 is 1.58 bits per heavy atom. The molecule has 5 nitrogen and oxygen atoms in total. The van der Waals surface area contributed by atoms with Crippen molar-refractivity contribution in [2.45, 2.75) is 31.8 Å². The summed E-state index contributed by atoms with van der Waals surface area (Å²) >= 11 is 5.80. The maximum atomic E-state index is 11.1. The molecule has 1 saturated carbocycles. The molecule has 0 aliphatic heterocycles. The van der Waals surface area contributed by atoms with Gasteiger partial charge in [0.25, 0.3) is 5.69 Å². The molecule has 2 rings (SSSR count). The molecule has 2 atom stereocenters. The van der Waals surface area contributed by atoms with Gasteiger partial charge < -0.3 is 10.8 Å². The van der Waals surface area contributed by atoms with E-state index in [-0.39, 0.29) is 5.69 Å².